The number of hydrogen-bond acceptors (Lipinski definition) is 7. The Morgan fingerprint density at radius 1 is 1.47 bits per heavy atom. The fourth-order valence-electron chi connectivity index (χ4n) is 1.09. The zero-order valence-corrected chi connectivity index (χ0v) is 13.6. The molecule has 4 nitrogen and oxygen atoms in total. The van der Waals surface area contributed by atoms with Gasteiger partial charge in [0.2, 0.25) is 0 Å². The van der Waals surface area contributed by atoms with Gasteiger partial charge in [-0.15, -0.1) is 10.2 Å². The van der Waals surface area contributed by atoms with Crippen molar-refractivity contribution in [3.63, 3.8) is 0 Å². The molecular weight excluding hydrogens is 300 g/mol. The highest BCUT2D eigenvalue weighted by Gasteiger charge is 2.10. The van der Waals surface area contributed by atoms with Crippen molar-refractivity contribution < 1.29 is 9.53 Å². The van der Waals surface area contributed by atoms with Crippen LogP contribution in [0.1, 0.15) is 26.7 Å². The lowest BCUT2D eigenvalue weighted by molar-refractivity contribution is -0.141. The van der Waals surface area contributed by atoms with Crippen molar-refractivity contribution in [3.05, 3.63) is 12.7 Å². The zero-order valence-electron chi connectivity index (χ0n) is 11.1. The summed E-state index contributed by atoms with van der Waals surface area (Å²) < 4.78 is 7.00. The Balaban J connectivity index is 2.29. The van der Waals surface area contributed by atoms with E-state index in [0.29, 0.717) is 5.75 Å². The molecule has 106 valence electrons. The topological polar surface area (TPSA) is 52.1 Å². The first-order chi connectivity index (χ1) is 9.15. The van der Waals surface area contributed by atoms with Crippen LogP contribution in [0.4, 0.5) is 0 Å². The van der Waals surface area contributed by atoms with E-state index in [1.807, 2.05) is 6.92 Å². The molecule has 0 fully saturated rings. The van der Waals surface area contributed by atoms with Crippen molar-refractivity contribution >= 4 is 40.8 Å². The molecule has 0 aliphatic rings. The van der Waals surface area contributed by atoms with Crippen LogP contribution in [0.5, 0.6) is 0 Å². The summed E-state index contributed by atoms with van der Waals surface area (Å²) in [6.07, 6.45) is 3.41. The molecule has 0 radical (unpaired) electrons. The first kappa shape index (κ1) is 16.5. The molecule has 0 spiro atoms. The quantitative estimate of drug-likeness (QED) is 0.300. The lowest BCUT2D eigenvalue weighted by Crippen LogP contribution is -2.15. The van der Waals surface area contributed by atoms with Gasteiger partial charge in [-0.2, -0.15) is 0 Å². The molecule has 0 aromatic carbocycles. The molecule has 1 unspecified atom stereocenters. The van der Waals surface area contributed by atoms with Crippen molar-refractivity contribution in [2.45, 2.75) is 41.5 Å². The van der Waals surface area contributed by atoms with Gasteiger partial charge in [0.15, 0.2) is 8.68 Å². The molecular formula is C12H18N2O2S3. The number of thioether (sulfide) groups is 2. The Hall–Kier alpha value is -0.530. The van der Waals surface area contributed by atoms with Gasteiger partial charge in [-0.3, -0.25) is 0 Å². The first-order valence-electron chi connectivity index (χ1n) is 6.07. The summed E-state index contributed by atoms with van der Waals surface area (Å²) in [5.41, 5.74) is 0. The summed E-state index contributed by atoms with van der Waals surface area (Å²) in [4.78, 5) is 11.0. The third kappa shape index (κ3) is 6.98. The second-order valence-corrected chi connectivity index (χ2v) is 7.39. The largest absolute Gasteiger partial charge is 0.459 e. The fourth-order valence-corrected chi connectivity index (χ4v) is 4.21. The molecule has 1 atom stereocenters. The molecule has 1 aromatic heterocycles. The normalized spacial score (nSPS) is 12.1. The monoisotopic (exact) mass is 318 g/mol. The predicted molar refractivity (Wildman–Crippen MR) is 82.0 cm³/mol. The number of unbranched alkanes of at least 4 members (excludes halogenated alkanes) is 1. The lowest BCUT2D eigenvalue weighted by Gasteiger charge is -2.09. The van der Waals surface area contributed by atoms with Crippen LogP contribution in [0, 0.1) is 0 Å². The van der Waals surface area contributed by atoms with Gasteiger partial charge in [0.05, 0.1) is 0 Å². The minimum Gasteiger partial charge on any atom is -0.459 e. The number of esters is 1. The molecule has 1 aromatic rings. The predicted octanol–water partition coefficient (Wildman–Crippen LogP) is 3.64. The van der Waals surface area contributed by atoms with Gasteiger partial charge in [-0.25, -0.2) is 4.79 Å². The minimum absolute atomic E-state index is 0.157. The molecule has 1 heterocycles. The summed E-state index contributed by atoms with van der Waals surface area (Å²) in [5, 5.41) is 8.25. The SMILES string of the molecule is C=CC(=O)OC(C)CSc1nnc(SCCCC)s1. The number of carbonyl (C=O) groups excluding carboxylic acids is 1. The second kappa shape index (κ2) is 9.39. The van der Waals surface area contributed by atoms with Crippen molar-refractivity contribution in [1.29, 1.82) is 0 Å². The zero-order chi connectivity index (χ0) is 14.1. The second-order valence-electron chi connectivity index (χ2n) is 3.80. The van der Waals surface area contributed by atoms with E-state index in [0.717, 1.165) is 14.4 Å². The summed E-state index contributed by atoms with van der Waals surface area (Å²) in [7, 11) is 0. The molecule has 0 aliphatic heterocycles. The standard InChI is InChI=1S/C12H18N2O2S3/c1-4-6-7-17-11-13-14-12(19-11)18-8-9(3)16-10(15)5-2/h5,9H,2,4,6-8H2,1,3H3. The smallest absolute Gasteiger partial charge is 0.330 e. The molecule has 0 N–H and O–H groups in total. The van der Waals surface area contributed by atoms with E-state index in [9.17, 15) is 4.79 Å². The van der Waals surface area contributed by atoms with E-state index in [1.54, 1.807) is 34.9 Å². The number of ether oxygens (including phenoxy) is 1. The highest BCUT2D eigenvalue weighted by Crippen LogP contribution is 2.29. The highest BCUT2D eigenvalue weighted by molar-refractivity contribution is 8.03. The van der Waals surface area contributed by atoms with Gasteiger partial charge < -0.3 is 4.74 Å². The van der Waals surface area contributed by atoms with E-state index < -0.39 is 0 Å². The van der Waals surface area contributed by atoms with E-state index in [4.69, 9.17) is 4.74 Å². The van der Waals surface area contributed by atoms with Crippen molar-refractivity contribution in [2.24, 2.45) is 0 Å². The van der Waals surface area contributed by atoms with E-state index >= 15 is 0 Å². The Morgan fingerprint density at radius 2 is 2.16 bits per heavy atom. The highest BCUT2D eigenvalue weighted by atomic mass is 32.2. The maximum Gasteiger partial charge on any atom is 0.330 e. The Bertz CT molecular complexity index is 409. The Labute approximate surface area is 126 Å². The number of hydrogen-bond donors (Lipinski definition) is 0. The summed E-state index contributed by atoms with van der Waals surface area (Å²) in [5.74, 6) is 1.37. The molecule has 0 saturated carbocycles. The fraction of sp³-hybridized carbons (Fsp3) is 0.583. The van der Waals surface area contributed by atoms with E-state index in [-0.39, 0.29) is 12.1 Å². The third-order valence-corrected chi connectivity index (χ3v) is 5.54. The molecule has 19 heavy (non-hydrogen) atoms. The average Bonchev–Trinajstić information content (AvgIpc) is 2.84. The van der Waals surface area contributed by atoms with E-state index in [2.05, 4.69) is 23.7 Å². The van der Waals surface area contributed by atoms with Crippen LogP contribution in [0.2, 0.25) is 0 Å². The summed E-state index contributed by atoms with van der Waals surface area (Å²) >= 11 is 4.90. The number of aromatic nitrogens is 2. The first-order valence-corrected chi connectivity index (χ1v) is 8.86. The van der Waals surface area contributed by atoms with Crippen LogP contribution in [-0.2, 0) is 9.53 Å². The number of carbonyl (C=O) groups is 1. The lowest BCUT2D eigenvalue weighted by atomic mass is 10.4. The van der Waals surface area contributed by atoms with Crippen LogP contribution in [0.3, 0.4) is 0 Å². The molecule has 0 saturated heterocycles. The van der Waals surface area contributed by atoms with Crippen LogP contribution in [0.25, 0.3) is 0 Å². The summed E-state index contributed by atoms with van der Waals surface area (Å²) in [6.45, 7) is 7.39. The molecule has 1 rings (SSSR count). The van der Waals surface area contributed by atoms with Gasteiger partial charge in [0, 0.05) is 17.6 Å². The van der Waals surface area contributed by atoms with E-state index in [1.165, 1.54) is 18.9 Å². The Morgan fingerprint density at radius 3 is 2.79 bits per heavy atom. The third-order valence-electron chi connectivity index (χ3n) is 2.04. The summed E-state index contributed by atoms with van der Waals surface area (Å²) in [6, 6.07) is 0. The molecule has 0 aliphatic carbocycles. The van der Waals surface area contributed by atoms with Crippen LogP contribution in [-0.4, -0.2) is 33.8 Å². The van der Waals surface area contributed by atoms with Crippen molar-refractivity contribution in [2.75, 3.05) is 11.5 Å². The molecule has 0 bridgehead atoms. The minimum atomic E-state index is -0.388. The Kier molecular flexibility index (Phi) is 8.16. The number of rotatable bonds is 9. The van der Waals surface area contributed by atoms with Gasteiger partial charge in [-0.05, 0) is 13.3 Å². The van der Waals surface area contributed by atoms with Crippen molar-refractivity contribution in [3.8, 4) is 0 Å². The van der Waals surface area contributed by atoms with Gasteiger partial charge in [0.25, 0.3) is 0 Å². The molecule has 7 heteroatoms. The van der Waals surface area contributed by atoms with Gasteiger partial charge in [0.1, 0.15) is 6.10 Å². The molecule has 0 amide bonds. The maximum absolute atomic E-state index is 11.0. The van der Waals surface area contributed by atoms with Crippen LogP contribution >= 0.6 is 34.9 Å². The maximum atomic E-state index is 11.0. The number of nitrogens with zero attached hydrogens (tertiary/aromatic N) is 2. The van der Waals surface area contributed by atoms with Crippen molar-refractivity contribution in [1.82, 2.24) is 10.2 Å². The van der Waals surface area contributed by atoms with Crippen LogP contribution in [0.15, 0.2) is 21.3 Å². The average molecular weight is 318 g/mol. The van der Waals surface area contributed by atoms with Gasteiger partial charge in [-0.1, -0.05) is 54.8 Å². The van der Waals surface area contributed by atoms with Gasteiger partial charge >= 0.3 is 5.97 Å². The van der Waals surface area contributed by atoms with Crippen LogP contribution < -0.4 is 0 Å².